The van der Waals surface area contributed by atoms with E-state index >= 15 is 0 Å². The molecule has 1 aliphatic heterocycles. The molecule has 3 atom stereocenters. The van der Waals surface area contributed by atoms with Gasteiger partial charge >= 0.3 is 0 Å². The molecule has 0 radical (unpaired) electrons. The summed E-state index contributed by atoms with van der Waals surface area (Å²) in [5, 5.41) is 6.46. The van der Waals surface area contributed by atoms with Crippen LogP contribution in [0.3, 0.4) is 0 Å². The maximum atomic E-state index is 12.3. The number of hydrogen-bond acceptors (Lipinski definition) is 2. The largest absolute Gasteiger partial charge is 0.348 e. The Hall–Kier alpha value is -1.35. The second kappa shape index (κ2) is 6.89. The summed E-state index contributed by atoms with van der Waals surface area (Å²) in [5.74, 6) is 0.544. The van der Waals surface area contributed by atoms with Crippen molar-refractivity contribution in [3.8, 4) is 0 Å². The first-order valence-corrected chi connectivity index (χ1v) is 7.74. The number of rotatable bonds is 4. The summed E-state index contributed by atoms with van der Waals surface area (Å²) in [7, 11) is 0. The molecule has 0 bridgehead atoms. The van der Waals surface area contributed by atoms with Crippen LogP contribution >= 0.6 is 0 Å². The molecule has 110 valence electrons. The predicted molar refractivity (Wildman–Crippen MR) is 82.6 cm³/mol. The van der Waals surface area contributed by atoms with Crippen molar-refractivity contribution in [3.05, 3.63) is 35.4 Å². The minimum atomic E-state index is -0.0406. The van der Waals surface area contributed by atoms with Crippen LogP contribution in [-0.4, -0.2) is 18.5 Å². The Morgan fingerprint density at radius 2 is 2.10 bits per heavy atom. The smallest absolute Gasteiger partial charge is 0.237 e. The van der Waals surface area contributed by atoms with E-state index in [9.17, 15) is 4.79 Å². The molecule has 20 heavy (non-hydrogen) atoms. The third-order valence-electron chi connectivity index (χ3n) is 4.30. The Kier molecular flexibility index (Phi) is 5.18. The van der Waals surface area contributed by atoms with Gasteiger partial charge in [0.05, 0.1) is 12.1 Å². The van der Waals surface area contributed by atoms with Crippen molar-refractivity contribution in [2.45, 2.75) is 52.1 Å². The van der Waals surface area contributed by atoms with Crippen molar-refractivity contribution in [2.75, 3.05) is 6.54 Å². The Labute approximate surface area is 122 Å². The van der Waals surface area contributed by atoms with E-state index in [0.717, 1.165) is 19.4 Å². The molecule has 2 rings (SSSR count). The fourth-order valence-electron chi connectivity index (χ4n) is 2.83. The number of piperidine rings is 1. The lowest BCUT2D eigenvalue weighted by molar-refractivity contribution is -0.125. The second-order valence-corrected chi connectivity index (χ2v) is 5.88. The topological polar surface area (TPSA) is 41.1 Å². The van der Waals surface area contributed by atoms with Gasteiger partial charge in [-0.05, 0) is 49.8 Å². The summed E-state index contributed by atoms with van der Waals surface area (Å²) in [4.78, 5) is 12.3. The number of benzene rings is 1. The van der Waals surface area contributed by atoms with Crippen LogP contribution in [-0.2, 0) is 11.2 Å². The summed E-state index contributed by atoms with van der Waals surface area (Å²) < 4.78 is 0. The van der Waals surface area contributed by atoms with Crippen molar-refractivity contribution in [1.29, 1.82) is 0 Å². The lowest BCUT2D eigenvalue weighted by Crippen LogP contribution is -2.51. The van der Waals surface area contributed by atoms with E-state index in [4.69, 9.17) is 0 Å². The zero-order chi connectivity index (χ0) is 14.5. The molecule has 1 fully saturated rings. The zero-order valence-corrected chi connectivity index (χ0v) is 12.8. The average molecular weight is 274 g/mol. The molecule has 1 amide bonds. The van der Waals surface area contributed by atoms with E-state index in [0.29, 0.717) is 5.92 Å². The van der Waals surface area contributed by atoms with Crippen molar-refractivity contribution in [2.24, 2.45) is 5.92 Å². The first-order chi connectivity index (χ1) is 9.61. The lowest BCUT2D eigenvalue weighted by atomic mass is 9.92. The van der Waals surface area contributed by atoms with Gasteiger partial charge in [0.15, 0.2) is 0 Å². The molecule has 3 unspecified atom stereocenters. The van der Waals surface area contributed by atoms with E-state index in [2.05, 4.69) is 48.7 Å². The van der Waals surface area contributed by atoms with Gasteiger partial charge in [-0.2, -0.15) is 0 Å². The molecule has 3 heteroatoms. The van der Waals surface area contributed by atoms with Crippen LogP contribution in [0.25, 0.3) is 0 Å². The van der Waals surface area contributed by atoms with Crippen LogP contribution in [0.2, 0.25) is 0 Å². The minimum absolute atomic E-state index is 0.0406. The normalized spacial score (nSPS) is 24.1. The summed E-state index contributed by atoms with van der Waals surface area (Å²) in [5.41, 5.74) is 2.49. The van der Waals surface area contributed by atoms with Crippen molar-refractivity contribution in [1.82, 2.24) is 10.6 Å². The van der Waals surface area contributed by atoms with Crippen molar-refractivity contribution >= 4 is 5.91 Å². The number of hydrogen-bond donors (Lipinski definition) is 2. The number of nitrogens with one attached hydrogen (secondary N) is 2. The highest BCUT2D eigenvalue weighted by Gasteiger charge is 2.28. The molecule has 1 aliphatic rings. The zero-order valence-electron chi connectivity index (χ0n) is 12.8. The van der Waals surface area contributed by atoms with Crippen LogP contribution in [0.5, 0.6) is 0 Å². The molecule has 3 nitrogen and oxygen atoms in total. The van der Waals surface area contributed by atoms with Gasteiger partial charge in [0, 0.05) is 0 Å². The minimum Gasteiger partial charge on any atom is -0.348 e. The third-order valence-corrected chi connectivity index (χ3v) is 4.30. The monoisotopic (exact) mass is 274 g/mol. The average Bonchev–Trinajstić information content (AvgIpc) is 2.47. The van der Waals surface area contributed by atoms with Gasteiger partial charge in [0.2, 0.25) is 5.91 Å². The van der Waals surface area contributed by atoms with E-state index in [1.54, 1.807) is 0 Å². The summed E-state index contributed by atoms with van der Waals surface area (Å²) in [6, 6.07) is 8.52. The maximum Gasteiger partial charge on any atom is 0.237 e. The Bertz CT molecular complexity index is 441. The molecular weight excluding hydrogens is 248 g/mol. The summed E-state index contributed by atoms with van der Waals surface area (Å²) >= 11 is 0. The summed E-state index contributed by atoms with van der Waals surface area (Å²) in [6.07, 6.45) is 3.34. The third kappa shape index (κ3) is 3.60. The highest BCUT2D eigenvalue weighted by atomic mass is 16.2. The fourth-order valence-corrected chi connectivity index (χ4v) is 2.83. The lowest BCUT2D eigenvalue weighted by Gasteiger charge is -2.30. The highest BCUT2D eigenvalue weighted by molar-refractivity contribution is 5.82. The molecule has 0 aliphatic carbocycles. The number of amides is 1. The van der Waals surface area contributed by atoms with Crippen LogP contribution in [0.15, 0.2) is 24.3 Å². The van der Waals surface area contributed by atoms with Gasteiger partial charge < -0.3 is 10.6 Å². The van der Waals surface area contributed by atoms with Gasteiger partial charge in [-0.3, -0.25) is 4.79 Å². The number of aryl methyl sites for hydroxylation is 1. The van der Waals surface area contributed by atoms with Gasteiger partial charge in [0.1, 0.15) is 0 Å². The molecule has 1 aromatic carbocycles. The first kappa shape index (κ1) is 15.0. The predicted octanol–water partition coefficient (Wildman–Crippen LogP) is 2.81. The standard InChI is InChI=1S/C17H26N2O/c1-4-14-7-9-15(10-8-14)13(3)19-17(20)16-12(2)6-5-11-18-16/h7-10,12-13,16,18H,4-6,11H2,1-3H3,(H,19,20). The molecule has 1 aromatic rings. The molecule has 2 N–H and O–H groups in total. The SMILES string of the molecule is CCc1ccc(C(C)NC(=O)C2NCCCC2C)cc1. The molecule has 0 aromatic heterocycles. The maximum absolute atomic E-state index is 12.3. The molecular formula is C17H26N2O. The molecule has 1 saturated heterocycles. The van der Waals surface area contributed by atoms with Crippen LogP contribution in [0.1, 0.15) is 50.8 Å². The van der Waals surface area contributed by atoms with E-state index < -0.39 is 0 Å². The van der Waals surface area contributed by atoms with E-state index in [1.807, 2.05) is 6.92 Å². The highest BCUT2D eigenvalue weighted by Crippen LogP contribution is 2.18. The Morgan fingerprint density at radius 3 is 2.70 bits per heavy atom. The quantitative estimate of drug-likeness (QED) is 0.886. The van der Waals surface area contributed by atoms with Crippen LogP contribution in [0, 0.1) is 5.92 Å². The van der Waals surface area contributed by atoms with Gasteiger partial charge in [-0.1, -0.05) is 38.1 Å². The summed E-state index contributed by atoms with van der Waals surface area (Å²) in [6.45, 7) is 7.29. The van der Waals surface area contributed by atoms with Crippen molar-refractivity contribution in [3.63, 3.8) is 0 Å². The number of carbonyl (C=O) groups is 1. The fraction of sp³-hybridized carbons (Fsp3) is 0.588. The van der Waals surface area contributed by atoms with Crippen molar-refractivity contribution < 1.29 is 4.79 Å². The first-order valence-electron chi connectivity index (χ1n) is 7.74. The molecule has 1 heterocycles. The van der Waals surface area contributed by atoms with Gasteiger partial charge in [-0.25, -0.2) is 0 Å². The second-order valence-electron chi connectivity index (χ2n) is 5.88. The van der Waals surface area contributed by atoms with E-state index in [-0.39, 0.29) is 18.0 Å². The van der Waals surface area contributed by atoms with Gasteiger partial charge in [-0.15, -0.1) is 0 Å². The van der Waals surface area contributed by atoms with Gasteiger partial charge in [0.25, 0.3) is 0 Å². The number of carbonyl (C=O) groups excluding carboxylic acids is 1. The van der Waals surface area contributed by atoms with Crippen LogP contribution < -0.4 is 10.6 Å². The molecule has 0 spiro atoms. The Morgan fingerprint density at radius 1 is 1.40 bits per heavy atom. The Balaban J connectivity index is 1.95. The molecule has 0 saturated carbocycles. The van der Waals surface area contributed by atoms with E-state index in [1.165, 1.54) is 17.5 Å². The van der Waals surface area contributed by atoms with Crippen LogP contribution in [0.4, 0.5) is 0 Å².